The number of carboxylic acid groups (broad SMARTS) is 1. The van der Waals surface area contributed by atoms with Crippen LogP contribution >= 0.6 is 0 Å². The van der Waals surface area contributed by atoms with Crippen LogP contribution in [0.25, 0.3) is 11.1 Å². The van der Waals surface area contributed by atoms with Gasteiger partial charge in [-0.25, -0.2) is 13.2 Å². The molecule has 4 rings (SSSR count). The van der Waals surface area contributed by atoms with E-state index in [-0.39, 0.29) is 30.3 Å². The Labute approximate surface area is 221 Å². The second-order valence-corrected chi connectivity index (χ2v) is 11.0. The summed E-state index contributed by atoms with van der Waals surface area (Å²) >= 11 is 0. The van der Waals surface area contributed by atoms with Crippen molar-refractivity contribution in [2.45, 2.75) is 58.7 Å². The van der Waals surface area contributed by atoms with Crippen LogP contribution in [-0.2, 0) is 11.4 Å². The number of carboxylic acids is 1. The highest BCUT2D eigenvalue weighted by Crippen LogP contribution is 2.46. The lowest BCUT2D eigenvalue weighted by molar-refractivity contribution is -0.137. The molecule has 1 saturated carbocycles. The maximum atomic E-state index is 15.7. The molecule has 38 heavy (non-hydrogen) atoms. The van der Waals surface area contributed by atoms with E-state index in [1.54, 1.807) is 51.1 Å². The molecule has 3 aromatic carbocycles. The maximum Gasteiger partial charge on any atom is 0.303 e. The molecule has 0 heterocycles. The van der Waals surface area contributed by atoms with E-state index in [1.807, 2.05) is 0 Å². The monoisotopic (exact) mass is 526 g/mol. The van der Waals surface area contributed by atoms with Crippen LogP contribution in [-0.4, -0.2) is 18.2 Å². The van der Waals surface area contributed by atoms with Crippen molar-refractivity contribution in [2.75, 3.05) is 7.11 Å². The van der Waals surface area contributed by atoms with Gasteiger partial charge in [0, 0.05) is 11.5 Å². The van der Waals surface area contributed by atoms with Crippen molar-refractivity contribution in [2.24, 2.45) is 11.3 Å². The van der Waals surface area contributed by atoms with Crippen LogP contribution < -0.4 is 9.47 Å². The third-order valence-electron chi connectivity index (χ3n) is 6.99. The number of benzene rings is 3. The molecule has 0 aromatic heterocycles. The fraction of sp³-hybridized carbons (Fsp3) is 0.387. The molecular weight excluding hydrogens is 493 g/mol. The van der Waals surface area contributed by atoms with Gasteiger partial charge in [0.05, 0.1) is 13.5 Å². The van der Waals surface area contributed by atoms with Gasteiger partial charge in [-0.3, -0.25) is 4.79 Å². The first-order chi connectivity index (χ1) is 18.0. The lowest BCUT2D eigenvalue weighted by Gasteiger charge is -2.27. The second kappa shape index (κ2) is 11.1. The molecule has 1 fully saturated rings. The third-order valence-corrected chi connectivity index (χ3v) is 6.99. The Morgan fingerprint density at radius 1 is 1.03 bits per heavy atom. The van der Waals surface area contributed by atoms with Gasteiger partial charge < -0.3 is 14.6 Å². The molecule has 0 aliphatic heterocycles. The zero-order chi connectivity index (χ0) is 27.6. The molecule has 3 aromatic rings. The number of halogens is 3. The quantitative estimate of drug-likeness (QED) is 0.289. The lowest BCUT2D eigenvalue weighted by atomic mass is 9.82. The molecule has 0 unspecified atom stereocenters. The number of ether oxygens (including phenoxy) is 2. The van der Waals surface area contributed by atoms with Gasteiger partial charge in [-0.05, 0) is 76.8 Å². The fourth-order valence-electron chi connectivity index (χ4n) is 4.77. The summed E-state index contributed by atoms with van der Waals surface area (Å²) in [5, 5.41) is 9.30. The number of rotatable bonds is 10. The molecule has 1 N–H and O–H groups in total. The van der Waals surface area contributed by atoms with E-state index in [0.717, 1.165) is 12.8 Å². The summed E-state index contributed by atoms with van der Waals surface area (Å²) in [7, 11) is 1.48. The molecule has 0 spiro atoms. The Kier molecular flexibility index (Phi) is 8.05. The Bertz CT molecular complexity index is 1310. The lowest BCUT2D eigenvalue weighted by Crippen LogP contribution is -2.15. The number of hydrogen-bond donors (Lipinski definition) is 1. The Morgan fingerprint density at radius 3 is 2.39 bits per heavy atom. The first-order valence-electron chi connectivity index (χ1n) is 12.7. The second-order valence-electron chi connectivity index (χ2n) is 11.0. The summed E-state index contributed by atoms with van der Waals surface area (Å²) in [5.41, 5.74) is 1.10. The molecule has 0 amide bonds. The highest BCUT2D eigenvalue weighted by molar-refractivity contribution is 5.71. The topological polar surface area (TPSA) is 55.8 Å². The van der Waals surface area contributed by atoms with Crippen molar-refractivity contribution in [3.8, 4) is 22.6 Å². The molecule has 202 valence electrons. The van der Waals surface area contributed by atoms with E-state index >= 15 is 8.78 Å². The summed E-state index contributed by atoms with van der Waals surface area (Å²) in [6.07, 6.45) is 0.202. The largest absolute Gasteiger partial charge is 0.497 e. The molecule has 1 aliphatic carbocycles. The molecule has 0 bridgehead atoms. The molecule has 1 aliphatic rings. The van der Waals surface area contributed by atoms with E-state index in [0.29, 0.717) is 28.0 Å². The van der Waals surface area contributed by atoms with Gasteiger partial charge in [-0.2, -0.15) is 0 Å². The van der Waals surface area contributed by atoms with Gasteiger partial charge in [0.25, 0.3) is 0 Å². The van der Waals surface area contributed by atoms with E-state index in [4.69, 9.17) is 9.47 Å². The number of alkyl halides is 1. The Morgan fingerprint density at radius 2 is 1.76 bits per heavy atom. The van der Waals surface area contributed by atoms with Crippen LogP contribution in [0.3, 0.4) is 0 Å². The normalized spacial score (nSPS) is 15.1. The Balaban J connectivity index is 1.65. The number of methoxy groups -OCH3 is 1. The van der Waals surface area contributed by atoms with Crippen molar-refractivity contribution in [1.82, 2.24) is 0 Å². The summed E-state index contributed by atoms with van der Waals surface area (Å²) in [6.45, 7) is 5.25. The van der Waals surface area contributed by atoms with Gasteiger partial charge in [-0.15, -0.1) is 0 Å². The molecule has 2 atom stereocenters. The maximum absolute atomic E-state index is 15.7. The predicted octanol–water partition coefficient (Wildman–Crippen LogP) is 8.24. The van der Waals surface area contributed by atoms with Crippen LogP contribution in [0.4, 0.5) is 13.2 Å². The van der Waals surface area contributed by atoms with Crippen LogP contribution in [0.5, 0.6) is 11.5 Å². The highest BCUT2D eigenvalue weighted by atomic mass is 19.1. The Hall–Kier alpha value is -3.48. The summed E-state index contributed by atoms with van der Waals surface area (Å²) < 4.78 is 57.0. The smallest absolute Gasteiger partial charge is 0.303 e. The van der Waals surface area contributed by atoms with Crippen molar-refractivity contribution in [1.29, 1.82) is 0 Å². The van der Waals surface area contributed by atoms with Crippen molar-refractivity contribution in [3.63, 3.8) is 0 Å². The minimum atomic E-state index is -1.42. The summed E-state index contributed by atoms with van der Waals surface area (Å²) in [4.78, 5) is 11.4. The van der Waals surface area contributed by atoms with Crippen LogP contribution in [0, 0.1) is 23.0 Å². The average Bonchev–Trinajstić information content (AvgIpc) is 3.71. The average molecular weight is 527 g/mol. The zero-order valence-corrected chi connectivity index (χ0v) is 22.1. The van der Waals surface area contributed by atoms with Crippen molar-refractivity contribution >= 4 is 5.97 Å². The van der Waals surface area contributed by atoms with Gasteiger partial charge in [0.2, 0.25) is 0 Å². The van der Waals surface area contributed by atoms with E-state index in [1.165, 1.54) is 31.4 Å². The SMILES string of the molecule is COc1ccc(F)c(-c2ccc(COc3cccc([C@H](CC(=O)O)C4CC4)c3F)cc2[C@H](F)C(C)(C)C)c1. The van der Waals surface area contributed by atoms with Gasteiger partial charge in [0.1, 0.15) is 24.3 Å². The van der Waals surface area contributed by atoms with Gasteiger partial charge in [0.15, 0.2) is 11.6 Å². The number of aliphatic carboxylic acids is 1. The van der Waals surface area contributed by atoms with Crippen molar-refractivity contribution in [3.05, 3.63) is 82.9 Å². The van der Waals surface area contributed by atoms with Gasteiger partial charge in [-0.1, -0.05) is 45.0 Å². The first-order valence-corrected chi connectivity index (χ1v) is 12.7. The third kappa shape index (κ3) is 6.14. The highest BCUT2D eigenvalue weighted by Gasteiger charge is 2.36. The molecule has 0 radical (unpaired) electrons. The number of carbonyl (C=O) groups is 1. The van der Waals surface area contributed by atoms with E-state index in [2.05, 4.69) is 0 Å². The fourth-order valence-corrected chi connectivity index (χ4v) is 4.77. The van der Waals surface area contributed by atoms with E-state index in [9.17, 15) is 14.3 Å². The predicted molar refractivity (Wildman–Crippen MR) is 140 cm³/mol. The summed E-state index contributed by atoms with van der Waals surface area (Å²) in [6, 6.07) is 14.1. The van der Waals surface area contributed by atoms with Crippen LogP contribution in [0.2, 0.25) is 0 Å². The standard InChI is InChI=1S/C31H33F3O4/c1-31(2,3)30(34)25-14-18(8-12-21(25)24-15-20(37-4)11-13-26(24)32)17-38-27-7-5-6-22(29(27)33)23(16-28(35)36)19-9-10-19/h5-8,11-15,19,23,30H,9-10,16-17H2,1-4H3,(H,35,36)/t23-,30+/m1/s1. The minimum absolute atomic E-state index is 0.00984. The molecule has 0 saturated heterocycles. The first kappa shape index (κ1) is 27.6. The van der Waals surface area contributed by atoms with E-state index < -0.39 is 35.1 Å². The molecule has 4 nitrogen and oxygen atoms in total. The molecule has 7 heteroatoms. The van der Waals surface area contributed by atoms with Gasteiger partial charge >= 0.3 is 5.97 Å². The minimum Gasteiger partial charge on any atom is -0.497 e. The number of hydrogen-bond acceptors (Lipinski definition) is 3. The van der Waals surface area contributed by atoms with Crippen molar-refractivity contribution < 1.29 is 32.5 Å². The molecular formula is C31H33F3O4. The van der Waals surface area contributed by atoms with Crippen LogP contribution in [0.15, 0.2) is 54.6 Å². The van der Waals surface area contributed by atoms with Crippen LogP contribution in [0.1, 0.15) is 68.8 Å². The summed E-state index contributed by atoms with van der Waals surface area (Å²) in [5.74, 6) is -1.82. The zero-order valence-electron chi connectivity index (χ0n) is 22.1.